The van der Waals surface area contributed by atoms with E-state index in [9.17, 15) is 9.18 Å². The van der Waals surface area contributed by atoms with Gasteiger partial charge in [-0.1, -0.05) is 12.1 Å². The highest BCUT2D eigenvalue weighted by Gasteiger charge is 2.06. The summed E-state index contributed by atoms with van der Waals surface area (Å²) >= 11 is 0. The van der Waals surface area contributed by atoms with Crippen molar-refractivity contribution in [2.75, 3.05) is 0 Å². The molecule has 2 aromatic rings. The summed E-state index contributed by atoms with van der Waals surface area (Å²) in [7, 11) is 0. The van der Waals surface area contributed by atoms with Crippen molar-refractivity contribution in [3.63, 3.8) is 0 Å². The van der Waals surface area contributed by atoms with Crippen LogP contribution in [0.2, 0.25) is 0 Å². The molecule has 0 unspecified atom stereocenters. The van der Waals surface area contributed by atoms with Gasteiger partial charge in [-0.25, -0.2) is 9.37 Å². The second kappa shape index (κ2) is 3.65. The molecule has 1 aromatic heterocycles. The highest BCUT2D eigenvalue weighted by molar-refractivity contribution is 5.58. The lowest BCUT2D eigenvalue weighted by atomic mass is 10.1. The molecule has 0 aliphatic carbocycles. The summed E-state index contributed by atoms with van der Waals surface area (Å²) < 4.78 is 13.3. The number of benzene rings is 1. The topological polar surface area (TPSA) is 45.8 Å². The summed E-state index contributed by atoms with van der Waals surface area (Å²) in [6.45, 7) is 1.67. The first-order chi connectivity index (χ1) is 7.18. The predicted octanol–water partition coefficient (Wildman–Crippen LogP) is 1.88. The zero-order valence-electron chi connectivity index (χ0n) is 8.12. The van der Waals surface area contributed by atoms with Crippen LogP contribution in [0.25, 0.3) is 11.3 Å². The van der Waals surface area contributed by atoms with Crippen molar-refractivity contribution >= 4 is 0 Å². The van der Waals surface area contributed by atoms with Crippen LogP contribution in [0.3, 0.4) is 0 Å². The monoisotopic (exact) mass is 204 g/mol. The van der Waals surface area contributed by atoms with Crippen LogP contribution in [0.15, 0.2) is 35.4 Å². The van der Waals surface area contributed by atoms with Crippen LogP contribution < -0.4 is 5.56 Å². The van der Waals surface area contributed by atoms with Crippen molar-refractivity contribution in [1.29, 1.82) is 0 Å². The van der Waals surface area contributed by atoms with Gasteiger partial charge < -0.3 is 4.98 Å². The van der Waals surface area contributed by atoms with Crippen LogP contribution in [0.4, 0.5) is 4.39 Å². The molecule has 15 heavy (non-hydrogen) atoms. The Labute approximate surface area is 85.6 Å². The molecule has 1 N–H and O–H groups in total. The second-order valence-corrected chi connectivity index (χ2v) is 3.23. The number of aromatic nitrogens is 2. The molecule has 2 rings (SSSR count). The van der Waals surface area contributed by atoms with Gasteiger partial charge in [-0.05, 0) is 18.6 Å². The summed E-state index contributed by atoms with van der Waals surface area (Å²) in [6.07, 6.45) is 2.91. The molecule has 4 heteroatoms. The minimum atomic E-state index is -0.336. The molecule has 3 nitrogen and oxygen atoms in total. The van der Waals surface area contributed by atoms with Gasteiger partial charge in [0.25, 0.3) is 5.56 Å². The van der Waals surface area contributed by atoms with Gasteiger partial charge in [0.2, 0.25) is 0 Å². The highest BCUT2D eigenvalue weighted by Crippen LogP contribution is 2.16. The quantitative estimate of drug-likeness (QED) is 0.770. The van der Waals surface area contributed by atoms with Gasteiger partial charge in [0, 0.05) is 18.0 Å². The summed E-state index contributed by atoms with van der Waals surface area (Å²) in [6, 6.07) is 4.61. The van der Waals surface area contributed by atoms with Crippen molar-refractivity contribution in [3.05, 3.63) is 52.3 Å². The number of nitrogens with one attached hydrogen (secondary N) is 1. The first-order valence-electron chi connectivity index (χ1n) is 4.48. The fourth-order valence-corrected chi connectivity index (χ4v) is 1.30. The van der Waals surface area contributed by atoms with Crippen LogP contribution in [0.1, 0.15) is 5.56 Å². The Kier molecular flexibility index (Phi) is 2.33. The van der Waals surface area contributed by atoms with E-state index < -0.39 is 0 Å². The summed E-state index contributed by atoms with van der Waals surface area (Å²) in [4.78, 5) is 17.8. The number of hydrogen-bond acceptors (Lipinski definition) is 2. The number of aromatic amines is 1. The molecule has 0 spiro atoms. The molecule has 0 radical (unpaired) electrons. The molecule has 1 heterocycles. The van der Waals surface area contributed by atoms with Crippen molar-refractivity contribution in [2.24, 2.45) is 0 Å². The fraction of sp³-hybridized carbons (Fsp3) is 0.0909. The molecular weight excluding hydrogens is 195 g/mol. The molecule has 1 aromatic carbocycles. The van der Waals surface area contributed by atoms with Crippen molar-refractivity contribution < 1.29 is 4.39 Å². The summed E-state index contributed by atoms with van der Waals surface area (Å²) in [5.74, 6) is -0.336. The Morgan fingerprint density at radius 1 is 1.40 bits per heavy atom. The van der Waals surface area contributed by atoms with E-state index in [0.29, 0.717) is 11.1 Å². The lowest BCUT2D eigenvalue weighted by Crippen LogP contribution is -2.09. The van der Waals surface area contributed by atoms with E-state index >= 15 is 0 Å². The molecule has 0 aliphatic heterocycles. The Hall–Kier alpha value is -1.97. The molecule has 0 saturated carbocycles. The molecule has 0 fully saturated rings. The third kappa shape index (κ3) is 1.79. The molecular formula is C11H9FN2O. The molecule has 76 valence electrons. The van der Waals surface area contributed by atoms with E-state index in [0.717, 1.165) is 0 Å². The third-order valence-electron chi connectivity index (χ3n) is 2.15. The molecule has 0 aliphatic rings. The number of halogens is 1. The van der Waals surface area contributed by atoms with Crippen molar-refractivity contribution in [2.45, 2.75) is 6.92 Å². The Bertz CT molecular complexity index is 548. The number of rotatable bonds is 1. The molecule has 0 bridgehead atoms. The highest BCUT2D eigenvalue weighted by atomic mass is 19.1. The van der Waals surface area contributed by atoms with Crippen LogP contribution in [-0.4, -0.2) is 9.97 Å². The van der Waals surface area contributed by atoms with E-state index in [4.69, 9.17) is 0 Å². The zero-order chi connectivity index (χ0) is 10.8. The van der Waals surface area contributed by atoms with Crippen LogP contribution >= 0.6 is 0 Å². The first-order valence-corrected chi connectivity index (χ1v) is 4.48. The lowest BCUT2D eigenvalue weighted by molar-refractivity contribution is 0.619. The number of H-pyrrole nitrogens is 1. The van der Waals surface area contributed by atoms with Gasteiger partial charge in [0.05, 0.1) is 0 Å². The maximum atomic E-state index is 13.3. The van der Waals surface area contributed by atoms with E-state index in [-0.39, 0.29) is 17.1 Å². The van der Waals surface area contributed by atoms with E-state index in [1.165, 1.54) is 18.5 Å². The van der Waals surface area contributed by atoms with Crippen LogP contribution in [0.5, 0.6) is 0 Å². The minimum absolute atomic E-state index is 0.233. The Balaban J connectivity index is 2.60. The molecule has 0 atom stereocenters. The Morgan fingerprint density at radius 3 is 2.87 bits per heavy atom. The smallest absolute Gasteiger partial charge is 0.274 e. The van der Waals surface area contributed by atoms with Crippen molar-refractivity contribution in [3.8, 4) is 11.3 Å². The lowest BCUT2D eigenvalue weighted by Gasteiger charge is -2.01. The maximum absolute atomic E-state index is 13.3. The average molecular weight is 204 g/mol. The second-order valence-electron chi connectivity index (χ2n) is 3.23. The van der Waals surface area contributed by atoms with Crippen LogP contribution in [-0.2, 0) is 0 Å². The minimum Gasteiger partial charge on any atom is -0.326 e. The SMILES string of the molecule is Cc1ccc(-c2ncc[nH]c2=O)cc1F. The zero-order valence-corrected chi connectivity index (χ0v) is 8.12. The van der Waals surface area contributed by atoms with Crippen molar-refractivity contribution in [1.82, 2.24) is 9.97 Å². The normalized spacial score (nSPS) is 10.3. The number of nitrogens with zero attached hydrogens (tertiary/aromatic N) is 1. The van der Waals surface area contributed by atoms with Gasteiger partial charge in [-0.2, -0.15) is 0 Å². The van der Waals surface area contributed by atoms with Gasteiger partial charge in [0.15, 0.2) is 0 Å². The summed E-state index contributed by atoms with van der Waals surface area (Å²) in [5, 5.41) is 0. The maximum Gasteiger partial charge on any atom is 0.274 e. The van der Waals surface area contributed by atoms with Gasteiger partial charge in [-0.3, -0.25) is 4.79 Å². The largest absolute Gasteiger partial charge is 0.326 e. The van der Waals surface area contributed by atoms with Gasteiger partial charge in [-0.15, -0.1) is 0 Å². The number of hydrogen-bond donors (Lipinski definition) is 1. The van der Waals surface area contributed by atoms with E-state index in [2.05, 4.69) is 9.97 Å². The summed E-state index contributed by atoms with van der Waals surface area (Å²) in [5.41, 5.74) is 0.947. The predicted molar refractivity (Wildman–Crippen MR) is 55.0 cm³/mol. The standard InChI is InChI=1S/C11H9FN2O/c1-7-2-3-8(6-9(7)12)10-11(15)14-5-4-13-10/h2-6H,1H3,(H,14,15). The Morgan fingerprint density at radius 2 is 2.20 bits per heavy atom. The van der Waals surface area contributed by atoms with E-state index in [1.807, 2.05) is 0 Å². The average Bonchev–Trinajstić information content (AvgIpc) is 2.23. The first kappa shape index (κ1) is 9.58. The van der Waals surface area contributed by atoms with Gasteiger partial charge in [0.1, 0.15) is 11.5 Å². The number of aryl methyl sites for hydroxylation is 1. The molecule has 0 amide bonds. The van der Waals surface area contributed by atoms with Gasteiger partial charge >= 0.3 is 0 Å². The van der Waals surface area contributed by atoms with E-state index in [1.54, 1.807) is 19.1 Å². The molecule has 0 saturated heterocycles. The van der Waals surface area contributed by atoms with Crippen LogP contribution in [0, 0.1) is 12.7 Å². The fourth-order valence-electron chi connectivity index (χ4n) is 1.30. The third-order valence-corrected chi connectivity index (χ3v) is 2.15.